The molecule has 2 heterocycles. The number of halogens is 1. The highest BCUT2D eigenvalue weighted by molar-refractivity contribution is 6.07. The molecule has 0 atom stereocenters. The number of hydrogen-bond donors (Lipinski definition) is 1. The molecule has 2 aromatic carbocycles. The van der Waals surface area contributed by atoms with Crippen LogP contribution in [0, 0.1) is 5.82 Å². The minimum absolute atomic E-state index is 0.0126. The summed E-state index contributed by atoms with van der Waals surface area (Å²) in [7, 11) is 3.81. The van der Waals surface area contributed by atoms with Gasteiger partial charge in [0.05, 0.1) is 16.6 Å². The largest absolute Gasteiger partial charge is 0.350 e. The summed E-state index contributed by atoms with van der Waals surface area (Å²) in [6.45, 7) is 0. The van der Waals surface area contributed by atoms with Gasteiger partial charge in [0.1, 0.15) is 5.82 Å². The van der Waals surface area contributed by atoms with E-state index in [1.165, 1.54) is 12.1 Å². The van der Waals surface area contributed by atoms with Crippen LogP contribution in [-0.4, -0.2) is 45.4 Å². The number of rotatable bonds is 4. The van der Waals surface area contributed by atoms with Crippen LogP contribution in [0.3, 0.4) is 0 Å². The van der Waals surface area contributed by atoms with Gasteiger partial charge in [0.2, 0.25) is 0 Å². The van der Waals surface area contributed by atoms with Crippen molar-refractivity contribution < 1.29 is 14.0 Å². The van der Waals surface area contributed by atoms with Crippen LogP contribution >= 0.6 is 0 Å². The molecule has 0 unspecified atom stereocenters. The van der Waals surface area contributed by atoms with Crippen molar-refractivity contribution in [3.63, 3.8) is 0 Å². The van der Waals surface area contributed by atoms with Gasteiger partial charge in [-0.15, -0.1) is 0 Å². The third kappa shape index (κ3) is 4.02. The van der Waals surface area contributed by atoms with E-state index in [2.05, 4.69) is 10.3 Å². The first kappa shape index (κ1) is 22.1. The summed E-state index contributed by atoms with van der Waals surface area (Å²) in [4.78, 5) is 32.2. The number of pyridine rings is 1. The number of aromatic nitrogens is 2. The maximum Gasteiger partial charge on any atom is 0.255 e. The number of fused-ring (bicyclic) bond motifs is 2. The number of hydrogen-bond acceptors (Lipinski definition) is 3. The quantitative estimate of drug-likeness (QED) is 0.483. The Kier molecular flexibility index (Phi) is 5.77. The average molecular weight is 459 g/mol. The summed E-state index contributed by atoms with van der Waals surface area (Å²) in [5.74, 6) is -0.722. The van der Waals surface area contributed by atoms with Crippen LogP contribution in [0.2, 0.25) is 0 Å². The van der Waals surface area contributed by atoms with E-state index in [1.54, 1.807) is 18.5 Å². The first-order valence-electron chi connectivity index (χ1n) is 11.6. The Balaban J connectivity index is 1.25. The first-order valence-corrected chi connectivity index (χ1v) is 11.6. The summed E-state index contributed by atoms with van der Waals surface area (Å²) >= 11 is 0. The Bertz CT molecular complexity index is 1390. The van der Waals surface area contributed by atoms with Gasteiger partial charge < -0.3 is 14.8 Å². The smallest absolute Gasteiger partial charge is 0.255 e. The normalized spacial score (nSPS) is 18.2. The number of benzene rings is 2. The molecule has 0 bridgehead atoms. The second kappa shape index (κ2) is 8.89. The molecule has 1 saturated carbocycles. The first-order chi connectivity index (χ1) is 16.4. The Morgan fingerprint density at radius 2 is 1.85 bits per heavy atom. The lowest BCUT2D eigenvalue weighted by Gasteiger charge is -2.35. The molecule has 0 spiro atoms. The molecule has 1 fully saturated rings. The maximum absolute atomic E-state index is 14.1. The average Bonchev–Trinajstić information content (AvgIpc) is 3.24. The SMILES string of the molecule is CN(C(=O)c1cccc2ccn(C)c12)C1CCC(NC(=O)c2cc(F)cc3ccncc23)CC1. The van der Waals surface area contributed by atoms with Gasteiger partial charge in [0, 0.05) is 55.5 Å². The van der Waals surface area contributed by atoms with E-state index < -0.39 is 5.82 Å². The molecular formula is C27H27FN4O2. The Morgan fingerprint density at radius 3 is 2.65 bits per heavy atom. The van der Waals surface area contributed by atoms with Crippen LogP contribution in [0.15, 0.2) is 61.1 Å². The Morgan fingerprint density at radius 1 is 1.06 bits per heavy atom. The highest BCUT2D eigenvalue weighted by atomic mass is 19.1. The molecule has 174 valence electrons. The number of aryl methyl sites for hydroxylation is 1. The van der Waals surface area contributed by atoms with Crippen molar-refractivity contribution in [2.45, 2.75) is 37.8 Å². The molecule has 2 aromatic heterocycles. The summed E-state index contributed by atoms with van der Waals surface area (Å²) < 4.78 is 16.0. The molecule has 6 nitrogen and oxygen atoms in total. The summed E-state index contributed by atoms with van der Waals surface area (Å²) in [5.41, 5.74) is 1.94. The van der Waals surface area contributed by atoms with Crippen molar-refractivity contribution in [3.05, 3.63) is 78.0 Å². The van der Waals surface area contributed by atoms with Crippen LogP contribution in [0.25, 0.3) is 21.7 Å². The molecule has 34 heavy (non-hydrogen) atoms. The monoisotopic (exact) mass is 458 g/mol. The molecule has 0 saturated heterocycles. The fraction of sp³-hybridized carbons (Fsp3) is 0.296. The zero-order valence-electron chi connectivity index (χ0n) is 19.3. The standard InChI is InChI=1S/C27H27FN4O2/c1-31-13-11-17-4-3-5-22(25(17)31)27(34)32(2)21-8-6-20(7-9-21)30-26(33)23-15-19(28)14-18-10-12-29-16-24(18)23/h3-5,10-16,20-21H,6-9H2,1-2H3,(H,30,33). The van der Waals surface area contributed by atoms with Crippen molar-refractivity contribution in [3.8, 4) is 0 Å². The lowest BCUT2D eigenvalue weighted by Crippen LogP contribution is -2.44. The molecule has 2 amide bonds. The van der Waals surface area contributed by atoms with Gasteiger partial charge in [0.15, 0.2) is 0 Å². The van der Waals surface area contributed by atoms with Gasteiger partial charge in [-0.25, -0.2) is 4.39 Å². The van der Waals surface area contributed by atoms with Crippen LogP contribution in [-0.2, 0) is 7.05 Å². The molecule has 0 aliphatic heterocycles. The van der Waals surface area contributed by atoms with Crippen molar-refractivity contribution in [1.29, 1.82) is 0 Å². The minimum Gasteiger partial charge on any atom is -0.350 e. The van der Waals surface area contributed by atoms with Gasteiger partial charge in [0.25, 0.3) is 11.8 Å². The number of nitrogens with zero attached hydrogens (tertiary/aromatic N) is 3. The topological polar surface area (TPSA) is 67.2 Å². The molecule has 1 N–H and O–H groups in total. The van der Waals surface area contributed by atoms with Crippen molar-refractivity contribution >= 4 is 33.5 Å². The minimum atomic E-state index is -0.444. The Hall–Kier alpha value is -3.74. The summed E-state index contributed by atoms with van der Waals surface area (Å²) in [6, 6.07) is 12.3. The fourth-order valence-corrected chi connectivity index (χ4v) is 5.10. The lowest BCUT2D eigenvalue weighted by molar-refractivity contribution is 0.0677. The second-order valence-corrected chi connectivity index (χ2v) is 9.12. The number of nitrogens with one attached hydrogen (secondary N) is 1. The number of amides is 2. The molecule has 1 aliphatic carbocycles. The molecule has 0 radical (unpaired) electrons. The number of carbonyl (C=O) groups is 2. The summed E-state index contributed by atoms with van der Waals surface area (Å²) in [5, 5.41) is 5.40. The predicted molar refractivity (Wildman–Crippen MR) is 130 cm³/mol. The highest BCUT2D eigenvalue weighted by Crippen LogP contribution is 2.27. The zero-order valence-corrected chi connectivity index (χ0v) is 19.3. The molecule has 5 rings (SSSR count). The van der Waals surface area contributed by atoms with Gasteiger partial charge in [-0.2, -0.15) is 0 Å². The van der Waals surface area contributed by atoms with Gasteiger partial charge in [-0.05, 0) is 61.4 Å². The van der Waals surface area contributed by atoms with Crippen LogP contribution in [0.1, 0.15) is 46.4 Å². The molecule has 7 heteroatoms. The third-order valence-corrected chi connectivity index (χ3v) is 6.99. The fourth-order valence-electron chi connectivity index (χ4n) is 5.10. The van der Waals surface area contributed by atoms with E-state index in [-0.39, 0.29) is 23.9 Å². The number of carbonyl (C=O) groups excluding carboxylic acids is 2. The van der Waals surface area contributed by atoms with E-state index in [1.807, 2.05) is 54.0 Å². The predicted octanol–water partition coefficient (Wildman–Crippen LogP) is 4.68. The van der Waals surface area contributed by atoms with E-state index >= 15 is 0 Å². The summed E-state index contributed by atoms with van der Waals surface area (Å²) in [6.07, 6.45) is 8.24. The lowest BCUT2D eigenvalue weighted by atomic mass is 9.89. The second-order valence-electron chi connectivity index (χ2n) is 9.12. The molecular weight excluding hydrogens is 431 g/mol. The molecule has 1 aliphatic rings. The zero-order chi connectivity index (χ0) is 23.8. The van der Waals surface area contributed by atoms with Crippen molar-refractivity contribution in [2.75, 3.05) is 7.05 Å². The van der Waals surface area contributed by atoms with Crippen molar-refractivity contribution in [2.24, 2.45) is 7.05 Å². The van der Waals surface area contributed by atoms with Gasteiger partial charge in [-0.1, -0.05) is 12.1 Å². The van der Waals surface area contributed by atoms with E-state index in [0.29, 0.717) is 21.9 Å². The number of para-hydroxylation sites is 1. The Labute approximate surface area is 197 Å². The third-order valence-electron chi connectivity index (χ3n) is 6.99. The van der Waals surface area contributed by atoms with Crippen LogP contribution in [0.5, 0.6) is 0 Å². The van der Waals surface area contributed by atoms with Crippen molar-refractivity contribution in [1.82, 2.24) is 19.8 Å². The van der Waals surface area contributed by atoms with Gasteiger partial charge >= 0.3 is 0 Å². The van der Waals surface area contributed by atoms with Crippen LogP contribution in [0.4, 0.5) is 4.39 Å². The van der Waals surface area contributed by atoms with Crippen LogP contribution < -0.4 is 5.32 Å². The van der Waals surface area contributed by atoms with E-state index in [9.17, 15) is 14.0 Å². The van der Waals surface area contributed by atoms with Gasteiger partial charge in [-0.3, -0.25) is 14.6 Å². The highest BCUT2D eigenvalue weighted by Gasteiger charge is 2.29. The van der Waals surface area contributed by atoms with E-state index in [0.717, 1.165) is 36.6 Å². The maximum atomic E-state index is 14.1. The molecule has 4 aromatic rings. The van der Waals surface area contributed by atoms with E-state index in [4.69, 9.17) is 0 Å².